The quantitative estimate of drug-likeness (QED) is 0.664. The minimum atomic E-state index is -2.07. The molecule has 1 saturated heterocycles. The highest BCUT2D eigenvalue weighted by molar-refractivity contribution is 6.76. The summed E-state index contributed by atoms with van der Waals surface area (Å²) in [6.07, 6.45) is 0. The van der Waals surface area contributed by atoms with E-state index in [1.165, 1.54) is 0 Å². The van der Waals surface area contributed by atoms with Crippen molar-refractivity contribution in [2.24, 2.45) is 5.41 Å². The first-order valence-electron chi connectivity index (χ1n) is 5.88. The lowest BCUT2D eigenvalue weighted by Crippen LogP contribution is -2.60. The van der Waals surface area contributed by atoms with Gasteiger partial charge in [-0.3, -0.25) is 9.69 Å². The zero-order chi connectivity index (χ0) is 15.8. The summed E-state index contributed by atoms with van der Waals surface area (Å²) in [5, 5.41) is 0. The summed E-state index contributed by atoms with van der Waals surface area (Å²) < 4.78 is 1.50. The monoisotopic (exact) mass is 403 g/mol. The summed E-state index contributed by atoms with van der Waals surface area (Å²) in [5.41, 5.74) is -1.16. The van der Waals surface area contributed by atoms with Gasteiger partial charge in [-0.15, -0.1) is 0 Å². The van der Waals surface area contributed by atoms with Crippen LogP contribution < -0.4 is 0 Å². The van der Waals surface area contributed by atoms with Crippen LogP contribution in [0.1, 0.15) is 13.8 Å². The number of nitrogens with zero attached hydrogens (tertiary/aromatic N) is 1. The average molecular weight is 406 g/mol. The van der Waals surface area contributed by atoms with Gasteiger partial charge in [0.15, 0.2) is 5.78 Å². The molecule has 3 nitrogen and oxygen atoms in total. The van der Waals surface area contributed by atoms with Gasteiger partial charge in [-0.1, -0.05) is 83.5 Å². The maximum absolute atomic E-state index is 12.4. The molecule has 0 amide bonds. The third-order valence-electron chi connectivity index (χ3n) is 3.25. The van der Waals surface area contributed by atoms with Crippen LogP contribution in [-0.4, -0.2) is 50.6 Å². The molecule has 0 radical (unpaired) electrons. The minimum Gasteiger partial charge on any atom is -0.379 e. The van der Waals surface area contributed by atoms with Crippen LogP contribution in [0.4, 0.5) is 0 Å². The number of ketones is 1. The van der Waals surface area contributed by atoms with Crippen LogP contribution in [-0.2, 0) is 9.53 Å². The molecule has 0 aromatic rings. The van der Waals surface area contributed by atoms with E-state index in [0.29, 0.717) is 26.3 Å². The Kier molecular flexibility index (Phi) is 6.62. The maximum Gasteiger partial charge on any atom is 0.249 e. The van der Waals surface area contributed by atoms with Gasteiger partial charge in [0.05, 0.1) is 19.3 Å². The average Bonchev–Trinajstić information content (AvgIpc) is 2.25. The second kappa shape index (κ2) is 6.84. The van der Waals surface area contributed by atoms with Gasteiger partial charge in [-0.25, -0.2) is 0 Å². The lowest BCUT2D eigenvalue weighted by Gasteiger charge is -2.46. The van der Waals surface area contributed by atoms with E-state index >= 15 is 0 Å². The van der Waals surface area contributed by atoms with E-state index in [9.17, 15) is 4.79 Å². The van der Waals surface area contributed by atoms with Crippen molar-refractivity contribution in [2.75, 3.05) is 26.3 Å². The molecule has 0 aliphatic carbocycles. The summed E-state index contributed by atoms with van der Waals surface area (Å²) in [4.78, 5) is 14.3. The molecular weight excluding hydrogens is 391 g/mol. The fourth-order valence-corrected chi connectivity index (χ4v) is 4.36. The van der Waals surface area contributed by atoms with Gasteiger partial charge in [0.1, 0.15) is 0 Å². The molecule has 0 bridgehead atoms. The molecule has 0 aromatic carbocycles. The molecular formula is C11H15Cl6NO2. The zero-order valence-corrected chi connectivity index (χ0v) is 15.5. The van der Waals surface area contributed by atoms with E-state index in [0.717, 1.165) is 0 Å². The van der Waals surface area contributed by atoms with Crippen molar-refractivity contribution in [1.29, 1.82) is 0 Å². The SMILES string of the molecule is CC(C)(C(=O)C(Cl)(Cl)Cl)C(N1CCOCC1)C(Cl)(Cl)Cl. The zero-order valence-electron chi connectivity index (χ0n) is 10.9. The predicted molar refractivity (Wildman–Crippen MR) is 85.5 cm³/mol. The minimum absolute atomic E-state index is 0.495. The number of alkyl halides is 6. The Balaban J connectivity index is 3.12. The first kappa shape index (κ1) is 19.4. The molecule has 1 rings (SSSR count). The van der Waals surface area contributed by atoms with E-state index < -0.39 is 24.8 Å². The topological polar surface area (TPSA) is 29.5 Å². The molecule has 0 saturated carbocycles. The molecule has 1 fully saturated rings. The maximum atomic E-state index is 12.4. The van der Waals surface area contributed by atoms with Crippen LogP contribution in [0.2, 0.25) is 0 Å². The number of morpholine rings is 1. The van der Waals surface area contributed by atoms with Crippen molar-refractivity contribution in [3.05, 3.63) is 0 Å². The van der Waals surface area contributed by atoms with Crippen LogP contribution in [0.3, 0.4) is 0 Å². The van der Waals surface area contributed by atoms with Crippen molar-refractivity contribution in [3.63, 3.8) is 0 Å². The number of halogens is 6. The first-order chi connectivity index (χ1) is 8.88. The Bertz CT molecular complexity index is 357. The normalized spacial score (nSPS) is 20.8. The number of Topliss-reactive ketones (excluding diaryl/α,β-unsaturated/α-hetero) is 1. The van der Waals surface area contributed by atoms with Crippen molar-refractivity contribution < 1.29 is 9.53 Å². The summed E-state index contributed by atoms with van der Waals surface area (Å²) in [6, 6.07) is -0.730. The second-order valence-electron chi connectivity index (χ2n) is 5.14. The summed E-state index contributed by atoms with van der Waals surface area (Å²) >= 11 is 35.4. The number of hydrogen-bond acceptors (Lipinski definition) is 3. The van der Waals surface area contributed by atoms with Crippen molar-refractivity contribution in [2.45, 2.75) is 27.5 Å². The van der Waals surface area contributed by atoms with E-state index in [1.54, 1.807) is 13.8 Å². The summed E-state index contributed by atoms with van der Waals surface area (Å²) in [6.45, 7) is 5.29. The van der Waals surface area contributed by atoms with Crippen molar-refractivity contribution >= 4 is 75.4 Å². The molecule has 20 heavy (non-hydrogen) atoms. The standard InChI is InChI=1S/C11H15Cl6NO2/c1-9(2,8(19)11(15,16)17)7(10(12,13)14)18-3-5-20-6-4-18/h7H,3-6H2,1-2H3. The lowest BCUT2D eigenvalue weighted by molar-refractivity contribution is -0.131. The molecule has 0 spiro atoms. The summed E-state index contributed by atoms with van der Waals surface area (Å²) in [5.74, 6) is -0.613. The van der Waals surface area contributed by atoms with E-state index in [2.05, 4.69) is 0 Å². The third kappa shape index (κ3) is 4.66. The van der Waals surface area contributed by atoms with E-state index in [-0.39, 0.29) is 0 Å². The second-order valence-corrected chi connectivity index (χ2v) is 9.79. The Morgan fingerprint density at radius 3 is 1.85 bits per heavy atom. The molecule has 1 aliphatic rings. The molecule has 0 N–H and O–H groups in total. The van der Waals surface area contributed by atoms with Crippen LogP contribution in [0.5, 0.6) is 0 Å². The molecule has 1 heterocycles. The Morgan fingerprint density at radius 2 is 1.50 bits per heavy atom. The highest BCUT2D eigenvalue weighted by atomic mass is 35.6. The highest BCUT2D eigenvalue weighted by Crippen LogP contribution is 2.47. The number of rotatable bonds is 3. The molecule has 1 unspecified atom stereocenters. The van der Waals surface area contributed by atoms with Gasteiger partial charge in [0.2, 0.25) is 7.59 Å². The Labute approximate surface area is 148 Å². The number of ether oxygens (including phenoxy) is 1. The summed E-state index contributed by atoms with van der Waals surface area (Å²) in [7, 11) is 0. The van der Waals surface area contributed by atoms with Crippen LogP contribution in [0, 0.1) is 5.41 Å². The lowest BCUT2D eigenvalue weighted by atomic mass is 9.80. The van der Waals surface area contributed by atoms with Crippen LogP contribution in [0.25, 0.3) is 0 Å². The number of carbonyl (C=O) groups excluding carboxylic acids is 1. The van der Waals surface area contributed by atoms with E-state index in [1.807, 2.05) is 4.90 Å². The number of hydrogen-bond donors (Lipinski definition) is 0. The third-order valence-corrected chi connectivity index (χ3v) is 4.38. The largest absolute Gasteiger partial charge is 0.379 e. The van der Waals surface area contributed by atoms with E-state index in [4.69, 9.17) is 74.3 Å². The molecule has 0 aromatic heterocycles. The van der Waals surface area contributed by atoms with Crippen LogP contribution in [0.15, 0.2) is 0 Å². The molecule has 1 aliphatic heterocycles. The van der Waals surface area contributed by atoms with Gasteiger partial charge in [0, 0.05) is 18.5 Å². The molecule has 118 valence electrons. The fraction of sp³-hybridized carbons (Fsp3) is 0.909. The highest BCUT2D eigenvalue weighted by Gasteiger charge is 2.55. The van der Waals surface area contributed by atoms with Gasteiger partial charge in [-0.05, 0) is 0 Å². The Hall–Kier alpha value is 1.33. The van der Waals surface area contributed by atoms with Gasteiger partial charge < -0.3 is 4.74 Å². The predicted octanol–water partition coefficient (Wildman–Crippen LogP) is 4.02. The van der Waals surface area contributed by atoms with Gasteiger partial charge in [-0.2, -0.15) is 0 Å². The first-order valence-corrected chi connectivity index (χ1v) is 8.15. The number of carbonyl (C=O) groups is 1. The van der Waals surface area contributed by atoms with Gasteiger partial charge in [0.25, 0.3) is 0 Å². The smallest absolute Gasteiger partial charge is 0.249 e. The molecule has 1 atom stereocenters. The van der Waals surface area contributed by atoms with Crippen LogP contribution >= 0.6 is 69.6 Å². The Morgan fingerprint density at radius 1 is 1.05 bits per heavy atom. The fourth-order valence-electron chi connectivity index (χ4n) is 2.40. The van der Waals surface area contributed by atoms with Gasteiger partial charge >= 0.3 is 0 Å². The van der Waals surface area contributed by atoms with Crippen molar-refractivity contribution in [1.82, 2.24) is 4.90 Å². The van der Waals surface area contributed by atoms with Crippen molar-refractivity contribution in [3.8, 4) is 0 Å². The molecule has 9 heteroatoms.